The van der Waals surface area contributed by atoms with Gasteiger partial charge in [-0.1, -0.05) is 6.42 Å². The van der Waals surface area contributed by atoms with E-state index in [9.17, 15) is 0 Å². The third-order valence-electron chi connectivity index (χ3n) is 3.60. The van der Waals surface area contributed by atoms with Gasteiger partial charge in [0.1, 0.15) is 6.33 Å². The molecule has 1 fully saturated rings. The largest absolute Gasteiger partial charge is 0.367 e. The highest BCUT2D eigenvalue weighted by molar-refractivity contribution is 5.61. The van der Waals surface area contributed by atoms with E-state index in [1.54, 1.807) is 12.5 Å². The van der Waals surface area contributed by atoms with Crippen molar-refractivity contribution in [3.8, 4) is 0 Å². The molecule has 0 spiro atoms. The van der Waals surface area contributed by atoms with Crippen LogP contribution in [0.4, 0.5) is 5.82 Å². The Labute approximate surface area is 106 Å². The van der Waals surface area contributed by atoms with Crippen molar-refractivity contribution in [1.82, 2.24) is 19.6 Å². The summed E-state index contributed by atoms with van der Waals surface area (Å²) in [6, 6.07) is 0.363. The molecule has 6 nitrogen and oxygen atoms in total. The van der Waals surface area contributed by atoms with E-state index in [0.29, 0.717) is 12.0 Å². The molecule has 0 radical (unpaired) electrons. The second-order valence-electron chi connectivity index (χ2n) is 5.01. The third kappa shape index (κ3) is 2.28. The van der Waals surface area contributed by atoms with E-state index < -0.39 is 0 Å². The lowest BCUT2D eigenvalue weighted by Gasteiger charge is -2.26. The molecule has 6 heteroatoms. The van der Waals surface area contributed by atoms with Gasteiger partial charge in [0.05, 0.1) is 0 Å². The molecule has 18 heavy (non-hydrogen) atoms. The van der Waals surface area contributed by atoms with Crippen LogP contribution >= 0.6 is 0 Å². The molecule has 1 aliphatic carbocycles. The van der Waals surface area contributed by atoms with Crippen LogP contribution in [0, 0.1) is 5.92 Å². The Morgan fingerprint density at radius 3 is 3.28 bits per heavy atom. The van der Waals surface area contributed by atoms with Crippen LogP contribution in [0.2, 0.25) is 0 Å². The summed E-state index contributed by atoms with van der Waals surface area (Å²) in [6.07, 6.45) is 10.0. The Morgan fingerprint density at radius 2 is 2.39 bits per heavy atom. The molecule has 96 valence electrons. The zero-order chi connectivity index (χ0) is 12.4. The second-order valence-corrected chi connectivity index (χ2v) is 5.01. The molecule has 0 aliphatic heterocycles. The monoisotopic (exact) mass is 246 g/mol. The predicted molar refractivity (Wildman–Crippen MR) is 69.2 cm³/mol. The Kier molecular flexibility index (Phi) is 3.10. The number of nitrogens with one attached hydrogen (secondary N) is 1. The first-order chi connectivity index (χ1) is 8.83. The standard InChI is InChI=1S/C12H18N6/c13-10-3-1-2-9(6-10)7-15-11-12-17-16-8-18(12)5-4-14-11/h4-5,8-10H,1-3,6-7,13H2,(H,14,15). The van der Waals surface area contributed by atoms with Gasteiger partial charge < -0.3 is 11.1 Å². The summed E-state index contributed by atoms with van der Waals surface area (Å²) in [6.45, 7) is 0.910. The Bertz CT molecular complexity index is 522. The fourth-order valence-corrected chi connectivity index (χ4v) is 2.64. The van der Waals surface area contributed by atoms with Gasteiger partial charge in [0.25, 0.3) is 0 Å². The lowest BCUT2D eigenvalue weighted by atomic mass is 9.86. The zero-order valence-electron chi connectivity index (χ0n) is 10.3. The molecule has 2 heterocycles. The van der Waals surface area contributed by atoms with Gasteiger partial charge in [0.15, 0.2) is 5.82 Å². The van der Waals surface area contributed by atoms with Gasteiger partial charge >= 0.3 is 0 Å². The minimum Gasteiger partial charge on any atom is -0.367 e. The fraction of sp³-hybridized carbons (Fsp3) is 0.583. The number of nitrogens with two attached hydrogens (primary N) is 1. The van der Waals surface area contributed by atoms with E-state index in [4.69, 9.17) is 5.73 Å². The summed E-state index contributed by atoms with van der Waals surface area (Å²) in [5.74, 6) is 1.44. The number of rotatable bonds is 3. The maximum absolute atomic E-state index is 6.00. The molecule has 2 atom stereocenters. The predicted octanol–water partition coefficient (Wildman–Crippen LogP) is 1.05. The smallest absolute Gasteiger partial charge is 0.203 e. The first-order valence-electron chi connectivity index (χ1n) is 6.47. The minimum atomic E-state index is 0.363. The number of fused-ring (bicyclic) bond motifs is 1. The van der Waals surface area contributed by atoms with Crippen LogP contribution < -0.4 is 11.1 Å². The summed E-state index contributed by atoms with van der Waals surface area (Å²) in [5, 5.41) is 11.3. The van der Waals surface area contributed by atoms with Crippen molar-refractivity contribution in [3.63, 3.8) is 0 Å². The molecule has 2 unspecified atom stereocenters. The van der Waals surface area contributed by atoms with Gasteiger partial charge in [-0.25, -0.2) is 4.98 Å². The van der Waals surface area contributed by atoms with Gasteiger partial charge in [-0.2, -0.15) is 0 Å². The lowest BCUT2D eigenvalue weighted by Crippen LogP contribution is -2.31. The maximum Gasteiger partial charge on any atom is 0.203 e. The van der Waals surface area contributed by atoms with E-state index in [1.165, 1.54) is 12.8 Å². The number of hydrogen-bond acceptors (Lipinski definition) is 5. The van der Waals surface area contributed by atoms with Crippen LogP contribution in [0.25, 0.3) is 5.65 Å². The number of hydrogen-bond donors (Lipinski definition) is 2. The van der Waals surface area contributed by atoms with E-state index in [1.807, 2.05) is 10.6 Å². The molecule has 1 aliphatic rings. The van der Waals surface area contributed by atoms with Gasteiger partial charge in [-0.05, 0) is 25.2 Å². The van der Waals surface area contributed by atoms with Crippen molar-refractivity contribution in [3.05, 3.63) is 18.7 Å². The molecule has 0 amide bonds. The van der Waals surface area contributed by atoms with Gasteiger partial charge in [0, 0.05) is 25.0 Å². The third-order valence-corrected chi connectivity index (χ3v) is 3.60. The zero-order valence-corrected chi connectivity index (χ0v) is 10.3. The Morgan fingerprint density at radius 1 is 1.44 bits per heavy atom. The summed E-state index contributed by atoms with van der Waals surface area (Å²) in [4.78, 5) is 4.32. The van der Waals surface area contributed by atoms with Crippen molar-refractivity contribution in [2.45, 2.75) is 31.7 Å². The van der Waals surface area contributed by atoms with E-state index in [2.05, 4.69) is 20.5 Å². The van der Waals surface area contributed by atoms with Crippen molar-refractivity contribution < 1.29 is 0 Å². The average Bonchev–Trinajstić information content (AvgIpc) is 2.85. The summed E-state index contributed by atoms with van der Waals surface area (Å²) in [5.41, 5.74) is 6.77. The van der Waals surface area contributed by atoms with Crippen LogP contribution in [0.15, 0.2) is 18.7 Å². The highest BCUT2D eigenvalue weighted by atomic mass is 15.2. The molecule has 3 N–H and O–H groups in total. The quantitative estimate of drug-likeness (QED) is 0.846. The van der Waals surface area contributed by atoms with Crippen molar-refractivity contribution in [2.75, 3.05) is 11.9 Å². The molecular weight excluding hydrogens is 228 g/mol. The van der Waals surface area contributed by atoms with Crippen molar-refractivity contribution >= 4 is 11.5 Å². The van der Waals surface area contributed by atoms with Crippen molar-refractivity contribution in [1.29, 1.82) is 0 Å². The number of aromatic nitrogens is 4. The SMILES string of the molecule is NC1CCCC(CNc2nccn3cnnc23)C1. The van der Waals surface area contributed by atoms with E-state index in [-0.39, 0.29) is 0 Å². The molecule has 1 saturated carbocycles. The first-order valence-corrected chi connectivity index (χ1v) is 6.47. The van der Waals surface area contributed by atoms with Crippen LogP contribution in [-0.2, 0) is 0 Å². The molecule has 0 saturated heterocycles. The maximum atomic E-state index is 6.00. The van der Waals surface area contributed by atoms with Crippen LogP contribution in [0.1, 0.15) is 25.7 Å². The first kappa shape index (κ1) is 11.4. The summed E-state index contributed by atoms with van der Waals surface area (Å²) in [7, 11) is 0. The molecule has 3 rings (SSSR count). The molecule has 2 aromatic heterocycles. The highest BCUT2D eigenvalue weighted by Crippen LogP contribution is 2.23. The van der Waals surface area contributed by atoms with Crippen molar-refractivity contribution in [2.24, 2.45) is 11.7 Å². The van der Waals surface area contributed by atoms with E-state index in [0.717, 1.165) is 30.9 Å². The molecule has 0 bridgehead atoms. The minimum absolute atomic E-state index is 0.363. The normalized spacial score (nSPS) is 24.3. The summed E-state index contributed by atoms with van der Waals surface area (Å²) >= 11 is 0. The van der Waals surface area contributed by atoms with Crippen LogP contribution in [0.5, 0.6) is 0 Å². The number of nitrogens with zero attached hydrogens (tertiary/aromatic N) is 4. The topological polar surface area (TPSA) is 81.1 Å². The second kappa shape index (κ2) is 4.89. The number of anilines is 1. The van der Waals surface area contributed by atoms with Gasteiger partial charge in [-0.15, -0.1) is 10.2 Å². The molecular formula is C12H18N6. The van der Waals surface area contributed by atoms with Crippen LogP contribution in [-0.4, -0.2) is 32.2 Å². The summed E-state index contributed by atoms with van der Waals surface area (Å²) < 4.78 is 1.86. The van der Waals surface area contributed by atoms with Gasteiger partial charge in [-0.3, -0.25) is 4.40 Å². The Balaban J connectivity index is 1.67. The van der Waals surface area contributed by atoms with E-state index >= 15 is 0 Å². The average molecular weight is 246 g/mol. The fourth-order valence-electron chi connectivity index (χ4n) is 2.64. The van der Waals surface area contributed by atoms with Gasteiger partial charge in [0.2, 0.25) is 5.65 Å². The highest BCUT2D eigenvalue weighted by Gasteiger charge is 2.19. The molecule has 2 aromatic rings. The molecule has 0 aromatic carbocycles. The lowest BCUT2D eigenvalue weighted by molar-refractivity contribution is 0.335. The Hall–Kier alpha value is -1.69. The van der Waals surface area contributed by atoms with Crippen LogP contribution in [0.3, 0.4) is 0 Å².